The Balaban J connectivity index is 1.67. The quantitative estimate of drug-likeness (QED) is 0.712. The van der Waals surface area contributed by atoms with Crippen LogP contribution in [0.5, 0.6) is 0 Å². The molecular formula is C12H13N5O3. The van der Waals surface area contributed by atoms with E-state index in [0.29, 0.717) is 36.9 Å². The number of nitrogens with zero attached hydrogens (tertiary/aromatic N) is 5. The third-order valence-electron chi connectivity index (χ3n) is 2.68. The third-order valence-corrected chi connectivity index (χ3v) is 2.68. The Hall–Kier alpha value is -2.48. The fourth-order valence-corrected chi connectivity index (χ4v) is 1.75. The Labute approximate surface area is 114 Å². The smallest absolute Gasteiger partial charge is 0.248 e. The summed E-state index contributed by atoms with van der Waals surface area (Å²) in [5.74, 6) is 1.39. The molecule has 0 aliphatic heterocycles. The van der Waals surface area contributed by atoms with Crippen molar-refractivity contribution in [3.8, 4) is 11.6 Å². The summed E-state index contributed by atoms with van der Waals surface area (Å²) in [6.07, 6.45) is 4.71. The second-order valence-corrected chi connectivity index (χ2v) is 4.22. The number of aliphatic hydroxyl groups is 1. The molecule has 0 saturated heterocycles. The Kier molecular flexibility index (Phi) is 3.55. The number of hydrogen-bond acceptors (Lipinski definition) is 7. The first-order valence-electron chi connectivity index (χ1n) is 6.21. The maximum atomic E-state index is 8.77. The summed E-state index contributed by atoms with van der Waals surface area (Å²) in [6.45, 7) is 0.489. The number of aryl methyl sites for hydroxylation is 1. The van der Waals surface area contributed by atoms with Crippen LogP contribution in [-0.2, 0) is 13.0 Å². The van der Waals surface area contributed by atoms with E-state index in [4.69, 9.17) is 14.0 Å². The Morgan fingerprint density at radius 2 is 2.30 bits per heavy atom. The summed E-state index contributed by atoms with van der Waals surface area (Å²) < 4.78 is 11.9. The molecule has 1 N–H and O–H groups in total. The van der Waals surface area contributed by atoms with Gasteiger partial charge in [-0.1, -0.05) is 10.4 Å². The summed E-state index contributed by atoms with van der Waals surface area (Å²) in [5.41, 5.74) is 0.824. The van der Waals surface area contributed by atoms with Gasteiger partial charge in [-0.25, -0.2) is 4.68 Å². The SMILES string of the molecule is OCCCc1cn(Cc2nc(-c3ccco3)no2)nn1. The van der Waals surface area contributed by atoms with Gasteiger partial charge in [-0.2, -0.15) is 4.98 Å². The van der Waals surface area contributed by atoms with Crippen molar-refractivity contribution in [2.75, 3.05) is 6.61 Å². The number of hydrogen-bond donors (Lipinski definition) is 1. The van der Waals surface area contributed by atoms with Crippen molar-refractivity contribution < 1.29 is 14.0 Å². The summed E-state index contributed by atoms with van der Waals surface area (Å²) in [5, 5.41) is 20.6. The second-order valence-electron chi connectivity index (χ2n) is 4.22. The van der Waals surface area contributed by atoms with Crippen molar-refractivity contribution in [3.63, 3.8) is 0 Å². The Morgan fingerprint density at radius 1 is 1.35 bits per heavy atom. The van der Waals surface area contributed by atoms with Crippen LogP contribution in [0.4, 0.5) is 0 Å². The Morgan fingerprint density at radius 3 is 3.10 bits per heavy atom. The van der Waals surface area contributed by atoms with Gasteiger partial charge in [0.1, 0.15) is 6.54 Å². The van der Waals surface area contributed by atoms with Crippen LogP contribution in [0.25, 0.3) is 11.6 Å². The molecule has 3 rings (SSSR count). The van der Waals surface area contributed by atoms with Crippen LogP contribution in [-0.4, -0.2) is 36.8 Å². The van der Waals surface area contributed by atoms with Gasteiger partial charge in [0, 0.05) is 12.8 Å². The molecule has 0 spiro atoms. The fraction of sp³-hybridized carbons (Fsp3) is 0.333. The minimum atomic E-state index is 0.142. The highest BCUT2D eigenvalue weighted by molar-refractivity contribution is 5.44. The first-order valence-corrected chi connectivity index (χ1v) is 6.21. The molecule has 8 nitrogen and oxygen atoms in total. The van der Waals surface area contributed by atoms with E-state index < -0.39 is 0 Å². The van der Waals surface area contributed by atoms with Crippen LogP contribution < -0.4 is 0 Å². The zero-order chi connectivity index (χ0) is 13.8. The van der Waals surface area contributed by atoms with E-state index in [9.17, 15) is 0 Å². The fourth-order valence-electron chi connectivity index (χ4n) is 1.75. The average Bonchev–Trinajstić information content (AvgIpc) is 3.18. The molecule has 3 aromatic rings. The normalized spacial score (nSPS) is 11.1. The van der Waals surface area contributed by atoms with Crippen LogP contribution in [0, 0.1) is 0 Å². The molecule has 104 valence electrons. The molecule has 0 radical (unpaired) electrons. The summed E-state index contributed by atoms with van der Waals surface area (Å²) in [6, 6.07) is 3.52. The van der Waals surface area contributed by atoms with Crippen LogP contribution in [0.3, 0.4) is 0 Å². The zero-order valence-electron chi connectivity index (χ0n) is 10.6. The van der Waals surface area contributed by atoms with Crippen molar-refractivity contribution >= 4 is 0 Å². The number of furan rings is 1. The van der Waals surface area contributed by atoms with Crippen LogP contribution in [0.15, 0.2) is 33.5 Å². The molecule has 8 heteroatoms. The zero-order valence-corrected chi connectivity index (χ0v) is 10.6. The summed E-state index contributed by atoms with van der Waals surface area (Å²) in [7, 11) is 0. The van der Waals surface area contributed by atoms with E-state index in [2.05, 4.69) is 20.5 Å². The highest BCUT2D eigenvalue weighted by Gasteiger charge is 2.12. The number of aliphatic hydroxyl groups excluding tert-OH is 1. The van der Waals surface area contributed by atoms with Gasteiger partial charge in [-0.15, -0.1) is 5.10 Å². The molecule has 3 heterocycles. The van der Waals surface area contributed by atoms with E-state index in [1.54, 1.807) is 29.3 Å². The molecule has 0 fully saturated rings. The largest absolute Gasteiger partial charge is 0.461 e. The van der Waals surface area contributed by atoms with Crippen LogP contribution >= 0.6 is 0 Å². The number of aromatic nitrogens is 5. The lowest BCUT2D eigenvalue weighted by molar-refractivity contribution is 0.288. The molecule has 0 aliphatic carbocycles. The lowest BCUT2D eigenvalue weighted by Crippen LogP contribution is -2.00. The third kappa shape index (κ3) is 2.75. The molecule has 0 saturated carbocycles. The van der Waals surface area contributed by atoms with Gasteiger partial charge in [-0.05, 0) is 25.0 Å². The summed E-state index contributed by atoms with van der Waals surface area (Å²) in [4.78, 5) is 4.22. The van der Waals surface area contributed by atoms with Crippen molar-refractivity contribution in [1.29, 1.82) is 0 Å². The summed E-state index contributed by atoms with van der Waals surface area (Å²) >= 11 is 0. The first-order chi connectivity index (χ1) is 9.85. The standard InChI is InChI=1S/C12H13N5O3/c18-5-1-3-9-7-17(16-14-9)8-11-13-12(15-20-11)10-4-2-6-19-10/h2,4,6-7,18H,1,3,5,8H2. The van der Waals surface area contributed by atoms with Gasteiger partial charge in [0.15, 0.2) is 5.76 Å². The molecule has 3 aromatic heterocycles. The molecule has 0 bridgehead atoms. The molecule has 0 aromatic carbocycles. The first kappa shape index (κ1) is 12.5. The molecule has 0 aliphatic rings. The maximum Gasteiger partial charge on any atom is 0.248 e. The van der Waals surface area contributed by atoms with E-state index in [0.717, 1.165) is 5.69 Å². The predicted molar refractivity (Wildman–Crippen MR) is 66.5 cm³/mol. The van der Waals surface area contributed by atoms with Crippen molar-refractivity contribution in [3.05, 3.63) is 36.2 Å². The maximum absolute atomic E-state index is 8.77. The van der Waals surface area contributed by atoms with Crippen LogP contribution in [0.1, 0.15) is 18.0 Å². The predicted octanol–water partition coefficient (Wildman–Crippen LogP) is 0.894. The Bertz CT molecular complexity index is 658. The minimum Gasteiger partial charge on any atom is -0.461 e. The van der Waals surface area contributed by atoms with E-state index >= 15 is 0 Å². The topological polar surface area (TPSA) is 103 Å². The highest BCUT2D eigenvalue weighted by Crippen LogP contribution is 2.15. The minimum absolute atomic E-state index is 0.142. The van der Waals surface area contributed by atoms with E-state index in [1.165, 1.54) is 0 Å². The second kappa shape index (κ2) is 5.66. The van der Waals surface area contributed by atoms with E-state index in [1.807, 2.05) is 0 Å². The molecular weight excluding hydrogens is 262 g/mol. The van der Waals surface area contributed by atoms with Gasteiger partial charge < -0.3 is 14.0 Å². The van der Waals surface area contributed by atoms with Crippen LogP contribution in [0.2, 0.25) is 0 Å². The molecule has 20 heavy (non-hydrogen) atoms. The lowest BCUT2D eigenvalue weighted by Gasteiger charge is -1.92. The molecule has 0 unspecified atom stereocenters. The van der Waals surface area contributed by atoms with Gasteiger partial charge >= 0.3 is 0 Å². The van der Waals surface area contributed by atoms with Gasteiger partial charge in [-0.3, -0.25) is 0 Å². The number of rotatable bonds is 6. The van der Waals surface area contributed by atoms with Crippen molar-refractivity contribution in [1.82, 2.24) is 25.1 Å². The van der Waals surface area contributed by atoms with E-state index in [-0.39, 0.29) is 6.61 Å². The van der Waals surface area contributed by atoms with Gasteiger partial charge in [0.2, 0.25) is 11.7 Å². The monoisotopic (exact) mass is 275 g/mol. The molecule has 0 amide bonds. The van der Waals surface area contributed by atoms with Crippen molar-refractivity contribution in [2.24, 2.45) is 0 Å². The van der Waals surface area contributed by atoms with Gasteiger partial charge in [0.05, 0.1) is 12.0 Å². The highest BCUT2D eigenvalue weighted by atomic mass is 16.5. The van der Waals surface area contributed by atoms with Gasteiger partial charge in [0.25, 0.3) is 0 Å². The molecule has 0 atom stereocenters. The lowest BCUT2D eigenvalue weighted by atomic mass is 10.3. The van der Waals surface area contributed by atoms with Crippen molar-refractivity contribution in [2.45, 2.75) is 19.4 Å². The average molecular weight is 275 g/mol.